The SMILES string of the molecule is COC1CCC(C2=CC(=O)C3C(CC(C=O)C(C=O)C3OC)O2)CC1. The molecule has 0 aromatic rings. The zero-order valence-corrected chi connectivity index (χ0v) is 14.8. The van der Waals surface area contributed by atoms with Crippen molar-refractivity contribution in [2.45, 2.75) is 50.4 Å². The van der Waals surface area contributed by atoms with Gasteiger partial charge in [-0.1, -0.05) is 0 Å². The molecule has 0 aromatic heterocycles. The summed E-state index contributed by atoms with van der Waals surface area (Å²) in [6, 6.07) is 0. The van der Waals surface area contributed by atoms with E-state index in [0.717, 1.165) is 44.0 Å². The average molecular weight is 350 g/mol. The van der Waals surface area contributed by atoms with E-state index in [9.17, 15) is 14.4 Å². The number of ether oxygens (including phenoxy) is 3. The van der Waals surface area contributed by atoms with Crippen molar-refractivity contribution >= 4 is 18.4 Å². The van der Waals surface area contributed by atoms with Gasteiger partial charge in [-0.3, -0.25) is 4.79 Å². The molecule has 3 rings (SSSR count). The van der Waals surface area contributed by atoms with Gasteiger partial charge < -0.3 is 23.8 Å². The van der Waals surface area contributed by atoms with E-state index < -0.39 is 30.0 Å². The molecule has 138 valence electrons. The third-order valence-corrected chi connectivity index (χ3v) is 6.05. The number of allylic oxidation sites excluding steroid dienone is 2. The Hall–Kier alpha value is -1.53. The first-order valence-corrected chi connectivity index (χ1v) is 9.01. The van der Waals surface area contributed by atoms with Gasteiger partial charge in [0, 0.05) is 32.1 Å². The molecule has 3 aliphatic rings. The van der Waals surface area contributed by atoms with Crippen LogP contribution in [-0.2, 0) is 28.6 Å². The topological polar surface area (TPSA) is 78.9 Å². The number of carbonyl (C=O) groups excluding carboxylic acids is 3. The Labute approximate surface area is 147 Å². The van der Waals surface area contributed by atoms with Gasteiger partial charge in [-0.05, 0) is 32.1 Å². The molecule has 5 atom stereocenters. The molecule has 0 saturated heterocycles. The molecule has 0 N–H and O–H groups in total. The number of ketones is 1. The average Bonchev–Trinajstić information content (AvgIpc) is 2.66. The maximum absolute atomic E-state index is 12.8. The third kappa shape index (κ3) is 3.42. The summed E-state index contributed by atoms with van der Waals surface area (Å²) in [6.07, 6.45) is 6.53. The number of hydrogen-bond acceptors (Lipinski definition) is 6. The van der Waals surface area contributed by atoms with E-state index >= 15 is 0 Å². The predicted molar refractivity (Wildman–Crippen MR) is 88.7 cm³/mol. The molecular weight excluding hydrogens is 324 g/mol. The highest BCUT2D eigenvalue weighted by atomic mass is 16.5. The number of rotatable bonds is 5. The summed E-state index contributed by atoms with van der Waals surface area (Å²) < 4.78 is 17.0. The Bertz CT molecular complexity index is 548. The first kappa shape index (κ1) is 18.3. The highest BCUT2D eigenvalue weighted by molar-refractivity contribution is 5.94. The summed E-state index contributed by atoms with van der Waals surface area (Å²) in [5, 5.41) is 0. The second-order valence-corrected chi connectivity index (χ2v) is 7.29. The molecule has 6 heteroatoms. The van der Waals surface area contributed by atoms with E-state index in [1.807, 2.05) is 0 Å². The second kappa shape index (κ2) is 7.79. The first-order chi connectivity index (χ1) is 12.1. The van der Waals surface area contributed by atoms with Crippen LogP contribution in [0, 0.1) is 23.7 Å². The van der Waals surface area contributed by atoms with Crippen molar-refractivity contribution < 1.29 is 28.6 Å². The van der Waals surface area contributed by atoms with Crippen LogP contribution in [0.3, 0.4) is 0 Å². The summed E-state index contributed by atoms with van der Waals surface area (Å²) in [4.78, 5) is 35.6. The molecule has 25 heavy (non-hydrogen) atoms. The number of aldehydes is 2. The largest absolute Gasteiger partial charge is 0.493 e. The number of hydrogen-bond donors (Lipinski definition) is 0. The number of carbonyl (C=O) groups is 3. The van der Waals surface area contributed by atoms with Crippen LogP contribution in [0.4, 0.5) is 0 Å². The minimum atomic E-state index is -0.610. The molecule has 0 bridgehead atoms. The van der Waals surface area contributed by atoms with Crippen LogP contribution in [0.5, 0.6) is 0 Å². The van der Waals surface area contributed by atoms with Gasteiger partial charge in [0.25, 0.3) is 0 Å². The highest BCUT2D eigenvalue weighted by Gasteiger charge is 2.51. The van der Waals surface area contributed by atoms with E-state index in [2.05, 4.69) is 0 Å². The fourth-order valence-electron chi connectivity index (χ4n) is 4.60. The summed E-state index contributed by atoms with van der Waals surface area (Å²) in [5.74, 6) is -0.692. The summed E-state index contributed by atoms with van der Waals surface area (Å²) >= 11 is 0. The standard InChI is InChI=1S/C19H26O6/c1-23-13-5-3-11(4-6-13)16-8-15(22)18-17(25-16)7-12(9-20)14(10-21)19(18)24-2/h8-14,17-19H,3-7H2,1-2H3. The highest BCUT2D eigenvalue weighted by Crippen LogP contribution is 2.42. The molecule has 0 radical (unpaired) electrons. The van der Waals surface area contributed by atoms with Gasteiger partial charge in [0.15, 0.2) is 5.78 Å². The molecule has 1 heterocycles. The molecule has 0 spiro atoms. The van der Waals surface area contributed by atoms with Crippen LogP contribution in [0.1, 0.15) is 32.1 Å². The minimum Gasteiger partial charge on any atom is -0.493 e. The summed E-state index contributed by atoms with van der Waals surface area (Å²) in [5.41, 5.74) is 0. The van der Waals surface area contributed by atoms with E-state index in [0.29, 0.717) is 6.42 Å². The predicted octanol–water partition coefficient (Wildman–Crippen LogP) is 1.71. The van der Waals surface area contributed by atoms with Crippen LogP contribution in [0.15, 0.2) is 11.8 Å². The van der Waals surface area contributed by atoms with E-state index in [-0.39, 0.29) is 17.8 Å². The van der Waals surface area contributed by atoms with Crippen molar-refractivity contribution in [2.75, 3.05) is 14.2 Å². The monoisotopic (exact) mass is 350 g/mol. The lowest BCUT2D eigenvalue weighted by molar-refractivity contribution is -0.156. The van der Waals surface area contributed by atoms with Crippen LogP contribution in [0.2, 0.25) is 0 Å². The van der Waals surface area contributed by atoms with Gasteiger partial charge in [0.05, 0.1) is 24.0 Å². The Morgan fingerprint density at radius 3 is 2.36 bits per heavy atom. The van der Waals surface area contributed by atoms with Crippen molar-refractivity contribution in [1.29, 1.82) is 0 Å². The Morgan fingerprint density at radius 2 is 1.80 bits per heavy atom. The van der Waals surface area contributed by atoms with Crippen LogP contribution in [-0.4, -0.2) is 50.9 Å². The Balaban J connectivity index is 1.79. The number of fused-ring (bicyclic) bond motifs is 1. The van der Waals surface area contributed by atoms with E-state index in [1.165, 1.54) is 7.11 Å². The molecule has 2 aliphatic carbocycles. The van der Waals surface area contributed by atoms with Gasteiger partial charge in [0.2, 0.25) is 0 Å². The fourth-order valence-corrected chi connectivity index (χ4v) is 4.60. The smallest absolute Gasteiger partial charge is 0.168 e. The molecule has 2 saturated carbocycles. The van der Waals surface area contributed by atoms with Gasteiger partial charge in [-0.25, -0.2) is 0 Å². The molecule has 6 nitrogen and oxygen atoms in total. The third-order valence-electron chi connectivity index (χ3n) is 6.05. The maximum atomic E-state index is 12.8. The van der Waals surface area contributed by atoms with Crippen molar-refractivity contribution in [2.24, 2.45) is 23.7 Å². The Kier molecular flexibility index (Phi) is 5.69. The molecular formula is C19H26O6. The van der Waals surface area contributed by atoms with Crippen LogP contribution >= 0.6 is 0 Å². The molecule has 0 aromatic carbocycles. The fraction of sp³-hybridized carbons (Fsp3) is 0.737. The van der Waals surface area contributed by atoms with Gasteiger partial charge in [-0.2, -0.15) is 0 Å². The second-order valence-electron chi connectivity index (χ2n) is 7.29. The quantitative estimate of drug-likeness (QED) is 0.703. The molecule has 5 unspecified atom stereocenters. The lowest BCUT2D eigenvalue weighted by Crippen LogP contribution is -2.54. The van der Waals surface area contributed by atoms with Gasteiger partial charge in [-0.15, -0.1) is 0 Å². The van der Waals surface area contributed by atoms with E-state index in [4.69, 9.17) is 14.2 Å². The zero-order valence-electron chi connectivity index (χ0n) is 14.8. The lowest BCUT2D eigenvalue weighted by atomic mass is 9.68. The van der Waals surface area contributed by atoms with Crippen molar-refractivity contribution in [3.8, 4) is 0 Å². The molecule has 1 aliphatic heterocycles. The normalized spacial score (nSPS) is 41.3. The molecule has 0 amide bonds. The van der Waals surface area contributed by atoms with Crippen LogP contribution in [0.25, 0.3) is 0 Å². The lowest BCUT2D eigenvalue weighted by Gasteiger charge is -2.45. The summed E-state index contributed by atoms with van der Waals surface area (Å²) in [7, 11) is 3.20. The summed E-state index contributed by atoms with van der Waals surface area (Å²) in [6.45, 7) is 0. The minimum absolute atomic E-state index is 0.0526. The van der Waals surface area contributed by atoms with Gasteiger partial charge in [0.1, 0.15) is 24.4 Å². The zero-order chi connectivity index (χ0) is 18.0. The van der Waals surface area contributed by atoms with Crippen LogP contribution < -0.4 is 0 Å². The maximum Gasteiger partial charge on any atom is 0.168 e. The van der Waals surface area contributed by atoms with Gasteiger partial charge >= 0.3 is 0 Å². The number of methoxy groups -OCH3 is 2. The van der Waals surface area contributed by atoms with Crippen molar-refractivity contribution in [1.82, 2.24) is 0 Å². The molecule has 2 fully saturated rings. The van der Waals surface area contributed by atoms with Crippen molar-refractivity contribution in [3.05, 3.63) is 11.8 Å². The first-order valence-electron chi connectivity index (χ1n) is 9.01. The van der Waals surface area contributed by atoms with E-state index in [1.54, 1.807) is 13.2 Å². The van der Waals surface area contributed by atoms with Crippen molar-refractivity contribution in [3.63, 3.8) is 0 Å². The Morgan fingerprint density at radius 1 is 1.08 bits per heavy atom.